The first-order chi connectivity index (χ1) is 21.7. The van der Waals surface area contributed by atoms with Crippen LogP contribution in [0.1, 0.15) is 24.9 Å². The molecule has 0 bridgehead atoms. The number of carbonyl (C=O) groups excluding carboxylic acids is 2. The number of hydrogen-bond acceptors (Lipinski definition) is 10. The van der Waals surface area contributed by atoms with Crippen molar-refractivity contribution in [3.05, 3.63) is 119 Å². The number of hydrogen-bond donors (Lipinski definition) is 0. The number of nitro groups is 1. The molecule has 0 spiro atoms. The Hall–Kier alpha value is -5.27. The van der Waals surface area contributed by atoms with Gasteiger partial charge in [0.2, 0.25) is 5.91 Å². The fourth-order valence-corrected chi connectivity index (χ4v) is 6.32. The Morgan fingerprint density at radius 1 is 0.844 bits per heavy atom. The van der Waals surface area contributed by atoms with Crippen molar-refractivity contribution in [2.75, 3.05) is 16.6 Å². The molecule has 13 heteroatoms. The lowest BCUT2D eigenvalue weighted by atomic mass is 9.90. The van der Waals surface area contributed by atoms with Crippen LogP contribution in [-0.2, 0) is 24.5 Å². The van der Waals surface area contributed by atoms with Crippen molar-refractivity contribution in [1.82, 2.24) is 0 Å². The van der Waals surface area contributed by atoms with Crippen LogP contribution in [0.2, 0.25) is 0 Å². The Balaban J connectivity index is 1.34. The molecule has 0 N–H and O–H groups in total. The number of amides is 2. The summed E-state index contributed by atoms with van der Waals surface area (Å²) in [4.78, 5) is 45.7. The van der Waals surface area contributed by atoms with Gasteiger partial charge in [0.15, 0.2) is 6.10 Å². The molecule has 4 aromatic rings. The maximum atomic E-state index is 14.0. The standard InChI is InChI=1S/C32H27N3O9S/c1-2-19-42-25-17-13-22(14-18-25)33-31(36)28-29(34(43-30(28)32(33)37)23-7-6-8-24(20-23)35(38)39)21-11-15-26(16-12-21)44-45(40,41)27-9-4-3-5-10-27/h3-18,20,28-30H,2,19H2,1H3/t28-,29-,30+/m0/s1. The topological polar surface area (TPSA) is 146 Å². The highest BCUT2D eigenvalue weighted by Crippen LogP contribution is 2.48. The number of fused-ring (bicyclic) bond motifs is 1. The van der Waals surface area contributed by atoms with Gasteiger partial charge in [0, 0.05) is 12.1 Å². The Morgan fingerprint density at radius 3 is 2.20 bits per heavy atom. The molecule has 2 aliphatic rings. The van der Waals surface area contributed by atoms with E-state index < -0.39 is 44.9 Å². The number of carbonyl (C=O) groups is 2. The smallest absolute Gasteiger partial charge is 0.339 e. The van der Waals surface area contributed by atoms with Gasteiger partial charge in [-0.15, -0.1) is 0 Å². The van der Waals surface area contributed by atoms with E-state index in [2.05, 4.69) is 0 Å². The summed E-state index contributed by atoms with van der Waals surface area (Å²) in [5, 5.41) is 12.8. The van der Waals surface area contributed by atoms with E-state index in [1.54, 1.807) is 60.7 Å². The molecule has 2 fully saturated rings. The van der Waals surface area contributed by atoms with Crippen LogP contribution < -0.4 is 18.9 Å². The van der Waals surface area contributed by atoms with Crippen LogP contribution in [0.25, 0.3) is 0 Å². The number of anilines is 2. The molecule has 0 aliphatic carbocycles. The maximum absolute atomic E-state index is 14.0. The van der Waals surface area contributed by atoms with Gasteiger partial charge < -0.3 is 8.92 Å². The van der Waals surface area contributed by atoms with E-state index >= 15 is 0 Å². The molecule has 2 amide bonds. The normalized spacial score (nSPS) is 19.4. The first-order valence-electron chi connectivity index (χ1n) is 14.1. The summed E-state index contributed by atoms with van der Waals surface area (Å²) in [6.07, 6.45) is -0.392. The van der Waals surface area contributed by atoms with Gasteiger partial charge in [-0.2, -0.15) is 8.42 Å². The average molecular weight is 630 g/mol. The minimum atomic E-state index is -4.10. The number of nitrogens with zero attached hydrogens (tertiary/aromatic N) is 3. The molecular formula is C32H27N3O9S. The van der Waals surface area contributed by atoms with E-state index in [1.165, 1.54) is 47.5 Å². The largest absolute Gasteiger partial charge is 0.494 e. The maximum Gasteiger partial charge on any atom is 0.339 e. The lowest BCUT2D eigenvalue weighted by Gasteiger charge is -2.28. The number of imide groups is 1. The van der Waals surface area contributed by atoms with E-state index in [-0.39, 0.29) is 22.0 Å². The van der Waals surface area contributed by atoms with Crippen LogP contribution in [0.3, 0.4) is 0 Å². The van der Waals surface area contributed by atoms with Gasteiger partial charge in [-0.05, 0) is 66.6 Å². The van der Waals surface area contributed by atoms with Crippen LogP contribution in [0.15, 0.2) is 108 Å². The number of hydroxylamine groups is 1. The van der Waals surface area contributed by atoms with Crippen molar-refractivity contribution in [2.45, 2.75) is 30.4 Å². The van der Waals surface area contributed by atoms with E-state index in [4.69, 9.17) is 13.8 Å². The minimum Gasteiger partial charge on any atom is -0.494 e. The molecule has 0 unspecified atom stereocenters. The number of rotatable bonds is 10. The van der Waals surface area contributed by atoms with Gasteiger partial charge in [-0.3, -0.25) is 24.5 Å². The summed E-state index contributed by atoms with van der Waals surface area (Å²) < 4.78 is 36.4. The third-order valence-corrected chi connectivity index (χ3v) is 8.70. The van der Waals surface area contributed by atoms with E-state index in [1.807, 2.05) is 6.92 Å². The summed E-state index contributed by atoms with van der Waals surface area (Å²) in [5.74, 6) is -1.49. The van der Waals surface area contributed by atoms with Crippen LogP contribution in [0.4, 0.5) is 17.1 Å². The number of ether oxygens (including phenoxy) is 1. The quantitative estimate of drug-likeness (QED) is 0.0993. The third kappa shape index (κ3) is 5.70. The molecule has 2 heterocycles. The number of nitro benzene ring substituents is 1. The second-order valence-electron chi connectivity index (χ2n) is 10.4. The fourth-order valence-electron chi connectivity index (χ4n) is 5.37. The Kier molecular flexibility index (Phi) is 7.96. The van der Waals surface area contributed by atoms with Crippen molar-refractivity contribution in [3.8, 4) is 11.5 Å². The van der Waals surface area contributed by atoms with Gasteiger partial charge in [0.05, 0.1) is 28.9 Å². The summed E-state index contributed by atoms with van der Waals surface area (Å²) in [7, 11) is -4.10. The number of benzene rings is 4. The van der Waals surface area contributed by atoms with Crippen molar-refractivity contribution < 1.29 is 36.7 Å². The van der Waals surface area contributed by atoms with Gasteiger partial charge in [0.1, 0.15) is 22.3 Å². The lowest BCUT2D eigenvalue weighted by molar-refractivity contribution is -0.384. The van der Waals surface area contributed by atoms with Crippen molar-refractivity contribution in [3.63, 3.8) is 0 Å². The number of non-ortho nitro benzene ring substituents is 1. The van der Waals surface area contributed by atoms with E-state index in [0.717, 1.165) is 11.3 Å². The SMILES string of the molecule is CCCOc1ccc(N2C(=O)[C@@H]3[C@@H](ON(c4cccc([N+](=O)[O-])c4)[C@H]3c3ccc(OS(=O)(=O)c4ccccc4)cc3)C2=O)cc1. The van der Waals surface area contributed by atoms with Crippen LogP contribution >= 0.6 is 0 Å². The van der Waals surface area contributed by atoms with Crippen LogP contribution in [0.5, 0.6) is 11.5 Å². The summed E-state index contributed by atoms with van der Waals surface area (Å²) in [6, 6.07) is 25.0. The zero-order chi connectivity index (χ0) is 31.7. The molecule has 4 aromatic carbocycles. The van der Waals surface area contributed by atoms with Crippen LogP contribution in [-0.4, -0.2) is 37.9 Å². The molecular weight excluding hydrogens is 602 g/mol. The predicted octanol–water partition coefficient (Wildman–Crippen LogP) is 5.20. The van der Waals surface area contributed by atoms with Crippen LogP contribution in [0, 0.1) is 16.0 Å². The third-order valence-electron chi connectivity index (χ3n) is 7.44. The van der Waals surface area contributed by atoms with Gasteiger partial charge in [-0.25, -0.2) is 9.96 Å². The van der Waals surface area contributed by atoms with Crippen molar-refractivity contribution in [2.24, 2.45) is 5.92 Å². The zero-order valence-electron chi connectivity index (χ0n) is 23.9. The summed E-state index contributed by atoms with van der Waals surface area (Å²) in [6.45, 7) is 2.51. The molecule has 6 rings (SSSR count). The van der Waals surface area contributed by atoms with E-state index in [9.17, 15) is 28.1 Å². The average Bonchev–Trinajstić information content (AvgIpc) is 3.56. The zero-order valence-corrected chi connectivity index (χ0v) is 24.7. The molecule has 45 heavy (non-hydrogen) atoms. The van der Waals surface area contributed by atoms with Crippen molar-refractivity contribution in [1.29, 1.82) is 0 Å². The summed E-state index contributed by atoms with van der Waals surface area (Å²) in [5.41, 5.74) is 0.902. The second kappa shape index (κ2) is 12.0. The Labute approximate surface area is 258 Å². The molecule has 12 nitrogen and oxygen atoms in total. The Bertz CT molecular complexity index is 1850. The highest BCUT2D eigenvalue weighted by atomic mass is 32.2. The second-order valence-corrected chi connectivity index (χ2v) is 11.9. The van der Waals surface area contributed by atoms with E-state index in [0.29, 0.717) is 23.6 Å². The molecule has 0 saturated carbocycles. The molecule has 0 aromatic heterocycles. The minimum absolute atomic E-state index is 0.0157. The van der Waals surface area contributed by atoms with Gasteiger partial charge >= 0.3 is 10.1 Å². The molecule has 3 atom stereocenters. The monoisotopic (exact) mass is 629 g/mol. The first kappa shape index (κ1) is 29.8. The highest BCUT2D eigenvalue weighted by molar-refractivity contribution is 7.87. The molecule has 2 aliphatic heterocycles. The predicted molar refractivity (Wildman–Crippen MR) is 162 cm³/mol. The van der Waals surface area contributed by atoms with Gasteiger partial charge in [-0.1, -0.05) is 43.3 Å². The first-order valence-corrected chi connectivity index (χ1v) is 15.5. The molecule has 2 saturated heterocycles. The fraction of sp³-hybridized carbons (Fsp3) is 0.188. The Morgan fingerprint density at radius 2 is 1.53 bits per heavy atom. The summed E-state index contributed by atoms with van der Waals surface area (Å²) >= 11 is 0. The van der Waals surface area contributed by atoms with Gasteiger partial charge in [0.25, 0.3) is 11.6 Å². The highest BCUT2D eigenvalue weighted by Gasteiger charge is 2.60. The van der Waals surface area contributed by atoms with Crippen molar-refractivity contribution >= 4 is 39.0 Å². The lowest BCUT2D eigenvalue weighted by Crippen LogP contribution is -2.37. The molecule has 0 radical (unpaired) electrons. The molecule has 230 valence electrons.